The summed E-state index contributed by atoms with van der Waals surface area (Å²) in [6.45, 7) is 0. The van der Waals surface area contributed by atoms with E-state index in [2.05, 4.69) is 4.98 Å². The van der Waals surface area contributed by atoms with Crippen molar-refractivity contribution >= 4 is 16.1 Å². The van der Waals surface area contributed by atoms with E-state index in [9.17, 15) is 18.5 Å². The van der Waals surface area contributed by atoms with E-state index in [1.54, 1.807) is 0 Å². The molecule has 8 nitrogen and oxygen atoms in total. The molecular formula is C3H3N3O5S. The molecule has 0 saturated heterocycles. The van der Waals surface area contributed by atoms with Gasteiger partial charge in [0, 0.05) is 0 Å². The van der Waals surface area contributed by atoms with Crippen LogP contribution in [-0.2, 0) is 10.1 Å². The van der Waals surface area contributed by atoms with Crippen LogP contribution in [0.1, 0.15) is 0 Å². The van der Waals surface area contributed by atoms with E-state index in [4.69, 9.17) is 4.55 Å². The summed E-state index contributed by atoms with van der Waals surface area (Å²) in [6, 6.07) is 0. The Balaban J connectivity index is 3.17. The molecule has 0 aliphatic rings. The molecular weight excluding hydrogens is 190 g/mol. The van der Waals surface area contributed by atoms with Crippen LogP contribution in [0, 0.1) is 10.1 Å². The van der Waals surface area contributed by atoms with Crippen LogP contribution in [0.5, 0.6) is 0 Å². The largest absolute Gasteiger partial charge is 0.433 e. The quantitative estimate of drug-likeness (QED) is 0.372. The summed E-state index contributed by atoms with van der Waals surface area (Å²) in [5.41, 5.74) is 0. The zero-order chi connectivity index (χ0) is 9.35. The van der Waals surface area contributed by atoms with E-state index in [0.29, 0.717) is 0 Å². The van der Waals surface area contributed by atoms with E-state index in [0.717, 1.165) is 6.20 Å². The molecule has 9 heteroatoms. The van der Waals surface area contributed by atoms with Crippen molar-refractivity contribution in [1.82, 2.24) is 9.97 Å². The third-order valence-corrected chi connectivity index (χ3v) is 1.72. The van der Waals surface area contributed by atoms with E-state index >= 15 is 0 Å². The van der Waals surface area contributed by atoms with E-state index < -0.39 is 26.0 Å². The molecule has 0 atom stereocenters. The van der Waals surface area contributed by atoms with Crippen LogP contribution < -0.4 is 0 Å². The molecule has 0 bridgehead atoms. The fraction of sp³-hybridized carbons (Fsp3) is 0. The summed E-state index contributed by atoms with van der Waals surface area (Å²) in [5, 5.41) is 9.21. The average Bonchev–Trinajstić information content (AvgIpc) is 2.30. The van der Waals surface area contributed by atoms with Crippen LogP contribution in [0.15, 0.2) is 11.2 Å². The van der Waals surface area contributed by atoms with Gasteiger partial charge in [0.1, 0.15) is 6.20 Å². The van der Waals surface area contributed by atoms with Crippen molar-refractivity contribution in [2.45, 2.75) is 5.03 Å². The molecule has 0 unspecified atom stereocenters. The van der Waals surface area contributed by atoms with Gasteiger partial charge in [-0.2, -0.15) is 8.42 Å². The predicted octanol–water partition coefficient (Wildman–Crippen LogP) is -0.435. The highest BCUT2D eigenvalue weighted by atomic mass is 32.2. The number of aromatic amines is 1. The third-order valence-electron chi connectivity index (χ3n) is 0.978. The molecule has 0 aromatic carbocycles. The fourth-order valence-corrected chi connectivity index (χ4v) is 0.931. The molecule has 0 aliphatic carbocycles. The second kappa shape index (κ2) is 2.53. The maximum Gasteiger partial charge on any atom is 0.433 e. The van der Waals surface area contributed by atoms with Gasteiger partial charge in [-0.25, -0.2) is 4.98 Å². The zero-order valence-corrected chi connectivity index (χ0v) is 6.28. The first-order valence-corrected chi connectivity index (χ1v) is 4.02. The molecule has 0 spiro atoms. The van der Waals surface area contributed by atoms with Gasteiger partial charge in [-0.1, -0.05) is 4.98 Å². The maximum atomic E-state index is 10.3. The van der Waals surface area contributed by atoms with Crippen LogP contribution in [0.2, 0.25) is 0 Å². The minimum absolute atomic E-state index is 0.730. The number of nitrogens with one attached hydrogen (secondary N) is 1. The lowest BCUT2D eigenvalue weighted by Crippen LogP contribution is -1.98. The Morgan fingerprint density at radius 1 is 1.67 bits per heavy atom. The molecule has 1 aromatic heterocycles. The predicted molar refractivity (Wildman–Crippen MR) is 35.1 cm³/mol. The summed E-state index contributed by atoms with van der Waals surface area (Å²) in [6.07, 6.45) is 0.730. The summed E-state index contributed by atoms with van der Waals surface area (Å²) in [7, 11) is -4.46. The standard InChI is InChI=1S/C3H3N3O5S/c7-6(8)3-4-1-2(5-3)12(9,10)11/h1H,(H,4,5)(H,9,10,11). The number of aromatic nitrogens is 2. The highest BCUT2D eigenvalue weighted by molar-refractivity contribution is 7.85. The number of H-pyrrole nitrogens is 1. The van der Waals surface area contributed by atoms with Crippen molar-refractivity contribution in [2.24, 2.45) is 0 Å². The first-order chi connectivity index (χ1) is 5.41. The Kier molecular flexibility index (Phi) is 1.82. The van der Waals surface area contributed by atoms with Crippen molar-refractivity contribution in [1.29, 1.82) is 0 Å². The Morgan fingerprint density at radius 3 is 2.50 bits per heavy atom. The highest BCUT2D eigenvalue weighted by Gasteiger charge is 2.21. The first-order valence-electron chi connectivity index (χ1n) is 2.58. The lowest BCUT2D eigenvalue weighted by molar-refractivity contribution is -0.394. The van der Waals surface area contributed by atoms with Gasteiger partial charge in [-0.05, 0) is 4.92 Å². The fourth-order valence-electron chi connectivity index (χ4n) is 0.521. The first kappa shape index (κ1) is 8.62. The Labute approximate surface area is 66.1 Å². The summed E-state index contributed by atoms with van der Waals surface area (Å²) >= 11 is 0. The molecule has 1 rings (SSSR count). The zero-order valence-electron chi connectivity index (χ0n) is 5.46. The number of hydrogen-bond donors (Lipinski definition) is 2. The molecule has 66 valence electrons. The molecule has 1 heterocycles. The summed E-state index contributed by atoms with van der Waals surface area (Å²) in [5.74, 6) is -0.734. The molecule has 12 heavy (non-hydrogen) atoms. The van der Waals surface area contributed by atoms with Crippen LogP contribution in [0.4, 0.5) is 5.95 Å². The topological polar surface area (TPSA) is 126 Å². The van der Waals surface area contributed by atoms with E-state index in [1.165, 1.54) is 0 Å². The Hall–Kier alpha value is -1.48. The Morgan fingerprint density at radius 2 is 2.25 bits per heavy atom. The number of imidazole rings is 1. The minimum atomic E-state index is -4.46. The molecule has 1 aromatic rings. The third kappa shape index (κ3) is 1.57. The van der Waals surface area contributed by atoms with E-state index in [1.807, 2.05) is 4.98 Å². The SMILES string of the molecule is O=[N+]([O-])c1nc(S(=O)(=O)O)c[nH]1. The minimum Gasteiger partial charge on any atom is -0.390 e. The normalized spacial score (nSPS) is 11.4. The molecule has 0 radical (unpaired) electrons. The van der Waals surface area contributed by atoms with Crippen molar-refractivity contribution in [2.75, 3.05) is 0 Å². The van der Waals surface area contributed by atoms with Gasteiger partial charge in [-0.3, -0.25) is 4.55 Å². The van der Waals surface area contributed by atoms with Crippen molar-refractivity contribution in [3.8, 4) is 0 Å². The lowest BCUT2D eigenvalue weighted by atomic mass is 11.0. The van der Waals surface area contributed by atoms with Crippen LogP contribution in [0.3, 0.4) is 0 Å². The number of rotatable bonds is 2. The Bertz CT molecular complexity index is 405. The summed E-state index contributed by atoms with van der Waals surface area (Å²) < 4.78 is 29.0. The van der Waals surface area contributed by atoms with Gasteiger partial charge < -0.3 is 10.1 Å². The lowest BCUT2D eigenvalue weighted by Gasteiger charge is -1.85. The van der Waals surface area contributed by atoms with Gasteiger partial charge in [0.05, 0.1) is 0 Å². The van der Waals surface area contributed by atoms with Crippen molar-refractivity contribution in [3.05, 3.63) is 16.3 Å². The molecule has 0 saturated carbocycles. The van der Waals surface area contributed by atoms with Crippen molar-refractivity contribution < 1.29 is 17.9 Å². The highest BCUT2D eigenvalue weighted by Crippen LogP contribution is 2.09. The number of hydrogen-bond acceptors (Lipinski definition) is 5. The molecule has 0 aliphatic heterocycles. The average molecular weight is 193 g/mol. The van der Waals surface area contributed by atoms with Gasteiger partial charge in [0.15, 0.2) is 0 Å². The van der Waals surface area contributed by atoms with Crippen LogP contribution >= 0.6 is 0 Å². The second-order valence-electron chi connectivity index (χ2n) is 1.79. The van der Waals surface area contributed by atoms with Crippen LogP contribution in [0.25, 0.3) is 0 Å². The number of nitro groups is 1. The molecule has 0 fully saturated rings. The van der Waals surface area contributed by atoms with E-state index in [-0.39, 0.29) is 0 Å². The van der Waals surface area contributed by atoms with Crippen molar-refractivity contribution in [3.63, 3.8) is 0 Å². The van der Waals surface area contributed by atoms with Crippen LogP contribution in [-0.4, -0.2) is 27.9 Å². The van der Waals surface area contributed by atoms with Gasteiger partial charge in [0.2, 0.25) is 0 Å². The molecule has 2 N–H and O–H groups in total. The maximum absolute atomic E-state index is 10.3. The second-order valence-corrected chi connectivity index (χ2v) is 3.16. The summed E-state index contributed by atoms with van der Waals surface area (Å²) in [4.78, 5) is 14.0. The molecule has 0 amide bonds. The van der Waals surface area contributed by atoms with Gasteiger partial charge in [0.25, 0.3) is 5.03 Å². The smallest absolute Gasteiger partial charge is 0.390 e. The number of nitrogens with zero attached hydrogens (tertiary/aromatic N) is 2. The monoisotopic (exact) mass is 193 g/mol. The van der Waals surface area contributed by atoms with Gasteiger partial charge >= 0.3 is 16.1 Å². The van der Waals surface area contributed by atoms with Gasteiger partial charge in [-0.15, -0.1) is 0 Å².